The molecule has 0 aromatic heterocycles. The van der Waals surface area contributed by atoms with Crippen molar-refractivity contribution in [3.63, 3.8) is 0 Å². The number of rotatable bonds is 8. The number of ether oxygens (including phenoxy) is 1. The molecule has 6 nitrogen and oxygen atoms in total. The molecule has 0 bridgehead atoms. The SMILES string of the molecule is CC(=O)Oc1cccc(C(=O)NCCNC(=O)CCc2cccc(C)c2)c1. The van der Waals surface area contributed by atoms with Crippen molar-refractivity contribution in [3.05, 3.63) is 65.2 Å². The van der Waals surface area contributed by atoms with E-state index >= 15 is 0 Å². The first-order valence-corrected chi connectivity index (χ1v) is 8.83. The van der Waals surface area contributed by atoms with Crippen LogP contribution in [0.5, 0.6) is 5.75 Å². The lowest BCUT2D eigenvalue weighted by atomic mass is 10.1. The molecule has 0 radical (unpaired) electrons. The molecule has 0 heterocycles. The monoisotopic (exact) mass is 368 g/mol. The fourth-order valence-electron chi connectivity index (χ4n) is 2.56. The number of benzene rings is 2. The van der Waals surface area contributed by atoms with Crippen molar-refractivity contribution in [2.75, 3.05) is 13.1 Å². The van der Waals surface area contributed by atoms with Crippen LogP contribution in [0.2, 0.25) is 0 Å². The van der Waals surface area contributed by atoms with Crippen LogP contribution < -0.4 is 15.4 Å². The number of carbonyl (C=O) groups excluding carboxylic acids is 3. The lowest BCUT2D eigenvalue weighted by Crippen LogP contribution is -2.34. The van der Waals surface area contributed by atoms with Gasteiger partial charge in [-0.15, -0.1) is 0 Å². The van der Waals surface area contributed by atoms with Gasteiger partial charge in [0.2, 0.25) is 5.91 Å². The highest BCUT2D eigenvalue weighted by Crippen LogP contribution is 2.13. The van der Waals surface area contributed by atoms with E-state index in [1.54, 1.807) is 18.2 Å². The fraction of sp³-hybridized carbons (Fsp3) is 0.286. The second kappa shape index (κ2) is 10.1. The zero-order chi connectivity index (χ0) is 19.6. The number of hydrogen-bond donors (Lipinski definition) is 2. The van der Waals surface area contributed by atoms with Crippen molar-refractivity contribution in [3.8, 4) is 5.75 Å². The van der Waals surface area contributed by atoms with Gasteiger partial charge in [0.05, 0.1) is 0 Å². The predicted octanol–water partition coefficient (Wildman–Crippen LogP) is 2.40. The number of amides is 2. The van der Waals surface area contributed by atoms with Crippen LogP contribution in [0.3, 0.4) is 0 Å². The van der Waals surface area contributed by atoms with Crippen molar-refractivity contribution in [2.45, 2.75) is 26.7 Å². The Kier molecular flexibility index (Phi) is 7.55. The maximum absolute atomic E-state index is 12.1. The summed E-state index contributed by atoms with van der Waals surface area (Å²) in [5.41, 5.74) is 2.69. The van der Waals surface area contributed by atoms with E-state index in [9.17, 15) is 14.4 Å². The third kappa shape index (κ3) is 7.32. The van der Waals surface area contributed by atoms with E-state index in [0.29, 0.717) is 37.2 Å². The average molecular weight is 368 g/mol. The number of nitrogens with one attached hydrogen (secondary N) is 2. The average Bonchev–Trinajstić information content (AvgIpc) is 2.63. The molecule has 0 saturated heterocycles. The smallest absolute Gasteiger partial charge is 0.308 e. The Morgan fingerprint density at radius 2 is 1.70 bits per heavy atom. The predicted molar refractivity (Wildman–Crippen MR) is 103 cm³/mol. The molecule has 0 aliphatic carbocycles. The van der Waals surface area contributed by atoms with Crippen LogP contribution in [-0.4, -0.2) is 30.9 Å². The molecule has 0 aliphatic heterocycles. The maximum Gasteiger partial charge on any atom is 0.308 e. The minimum Gasteiger partial charge on any atom is -0.427 e. The molecule has 0 saturated carbocycles. The lowest BCUT2D eigenvalue weighted by Gasteiger charge is -2.08. The van der Waals surface area contributed by atoms with Gasteiger partial charge in [0.25, 0.3) is 5.91 Å². The van der Waals surface area contributed by atoms with Gasteiger partial charge in [-0.05, 0) is 37.1 Å². The van der Waals surface area contributed by atoms with Crippen LogP contribution in [0.1, 0.15) is 34.8 Å². The number of hydrogen-bond acceptors (Lipinski definition) is 4. The zero-order valence-electron chi connectivity index (χ0n) is 15.6. The Morgan fingerprint density at radius 1 is 0.963 bits per heavy atom. The van der Waals surface area contributed by atoms with Crippen LogP contribution >= 0.6 is 0 Å². The zero-order valence-corrected chi connectivity index (χ0v) is 15.6. The first-order valence-electron chi connectivity index (χ1n) is 8.83. The summed E-state index contributed by atoms with van der Waals surface area (Å²) in [7, 11) is 0. The molecule has 2 amide bonds. The van der Waals surface area contributed by atoms with Crippen LogP contribution in [0.4, 0.5) is 0 Å². The highest BCUT2D eigenvalue weighted by Gasteiger charge is 2.08. The summed E-state index contributed by atoms with van der Waals surface area (Å²) < 4.78 is 4.96. The molecule has 2 aromatic carbocycles. The van der Waals surface area contributed by atoms with E-state index in [1.807, 2.05) is 25.1 Å². The van der Waals surface area contributed by atoms with Gasteiger partial charge < -0.3 is 15.4 Å². The van der Waals surface area contributed by atoms with E-state index in [1.165, 1.54) is 18.6 Å². The van der Waals surface area contributed by atoms with Gasteiger partial charge in [0, 0.05) is 32.0 Å². The fourth-order valence-corrected chi connectivity index (χ4v) is 2.56. The Balaban J connectivity index is 1.69. The Bertz CT molecular complexity index is 817. The molecule has 0 fully saturated rings. The number of aryl methyl sites for hydroxylation is 2. The van der Waals surface area contributed by atoms with Crippen LogP contribution in [0.15, 0.2) is 48.5 Å². The second-order valence-corrected chi connectivity index (χ2v) is 6.22. The molecule has 2 rings (SSSR count). The molecule has 0 spiro atoms. The number of carbonyl (C=O) groups is 3. The third-order valence-corrected chi connectivity index (χ3v) is 3.81. The second-order valence-electron chi connectivity index (χ2n) is 6.22. The first-order chi connectivity index (χ1) is 12.9. The van der Waals surface area contributed by atoms with Crippen molar-refractivity contribution in [1.29, 1.82) is 0 Å². The Hall–Kier alpha value is -3.15. The highest BCUT2D eigenvalue weighted by molar-refractivity contribution is 5.94. The largest absolute Gasteiger partial charge is 0.427 e. The standard InChI is InChI=1S/C21H24N2O4/c1-15-5-3-6-17(13-15)9-10-20(25)22-11-12-23-21(26)18-7-4-8-19(14-18)27-16(2)24/h3-8,13-14H,9-12H2,1-2H3,(H,22,25)(H,23,26). The summed E-state index contributed by atoms with van der Waals surface area (Å²) in [5, 5.41) is 5.51. The quantitative estimate of drug-likeness (QED) is 0.426. The third-order valence-electron chi connectivity index (χ3n) is 3.81. The van der Waals surface area contributed by atoms with Gasteiger partial charge in [0.15, 0.2) is 0 Å². The van der Waals surface area contributed by atoms with E-state index in [-0.39, 0.29) is 11.8 Å². The summed E-state index contributed by atoms with van der Waals surface area (Å²) in [6.45, 7) is 3.98. The molecule has 6 heteroatoms. The van der Waals surface area contributed by atoms with Crippen LogP contribution in [0, 0.1) is 6.92 Å². The summed E-state index contributed by atoms with van der Waals surface area (Å²) in [4.78, 5) is 35.0. The molecule has 2 N–H and O–H groups in total. The Morgan fingerprint density at radius 3 is 2.44 bits per heavy atom. The van der Waals surface area contributed by atoms with Crippen LogP contribution in [0.25, 0.3) is 0 Å². The molecule has 0 aliphatic rings. The van der Waals surface area contributed by atoms with Gasteiger partial charge >= 0.3 is 5.97 Å². The normalized spacial score (nSPS) is 10.1. The van der Waals surface area contributed by atoms with Gasteiger partial charge in [-0.3, -0.25) is 14.4 Å². The van der Waals surface area contributed by atoms with Crippen LogP contribution in [-0.2, 0) is 16.0 Å². The number of esters is 1. The molecule has 142 valence electrons. The van der Waals surface area contributed by atoms with Gasteiger partial charge in [-0.25, -0.2) is 0 Å². The molecule has 0 unspecified atom stereocenters. The minimum atomic E-state index is -0.444. The van der Waals surface area contributed by atoms with Crippen molar-refractivity contribution in [2.24, 2.45) is 0 Å². The Labute approximate surface area is 158 Å². The summed E-state index contributed by atoms with van der Waals surface area (Å²) >= 11 is 0. The topological polar surface area (TPSA) is 84.5 Å². The summed E-state index contributed by atoms with van der Waals surface area (Å²) in [6, 6.07) is 14.4. The maximum atomic E-state index is 12.1. The first kappa shape index (κ1) is 20.2. The lowest BCUT2D eigenvalue weighted by molar-refractivity contribution is -0.131. The van der Waals surface area contributed by atoms with Crippen molar-refractivity contribution >= 4 is 17.8 Å². The minimum absolute atomic E-state index is 0.0531. The van der Waals surface area contributed by atoms with Gasteiger partial charge in [0.1, 0.15) is 5.75 Å². The van der Waals surface area contributed by atoms with Gasteiger partial charge in [-0.2, -0.15) is 0 Å². The highest BCUT2D eigenvalue weighted by atomic mass is 16.5. The van der Waals surface area contributed by atoms with Crippen molar-refractivity contribution in [1.82, 2.24) is 10.6 Å². The van der Waals surface area contributed by atoms with E-state index in [2.05, 4.69) is 16.7 Å². The molecule has 0 atom stereocenters. The van der Waals surface area contributed by atoms with E-state index in [0.717, 1.165) is 5.56 Å². The summed E-state index contributed by atoms with van der Waals surface area (Å²) in [5.74, 6) is -0.471. The molecular formula is C21H24N2O4. The van der Waals surface area contributed by atoms with E-state index < -0.39 is 5.97 Å². The summed E-state index contributed by atoms with van der Waals surface area (Å²) in [6.07, 6.45) is 1.09. The molecular weight excluding hydrogens is 344 g/mol. The van der Waals surface area contributed by atoms with Gasteiger partial charge in [-0.1, -0.05) is 35.9 Å². The molecule has 2 aromatic rings. The molecule has 27 heavy (non-hydrogen) atoms. The van der Waals surface area contributed by atoms with E-state index in [4.69, 9.17) is 4.74 Å². The van der Waals surface area contributed by atoms with Crippen molar-refractivity contribution < 1.29 is 19.1 Å².